The summed E-state index contributed by atoms with van der Waals surface area (Å²) in [6.07, 6.45) is 6.06. The lowest BCUT2D eigenvalue weighted by atomic mass is 9.85. The average molecular weight is 313 g/mol. The number of hydrogen-bond donors (Lipinski definition) is 0. The molecule has 0 saturated carbocycles. The third kappa shape index (κ3) is 2.90. The van der Waals surface area contributed by atoms with Crippen LogP contribution >= 0.6 is 0 Å². The molecule has 1 fully saturated rings. The van der Waals surface area contributed by atoms with Crippen LogP contribution in [0.1, 0.15) is 30.4 Å². The van der Waals surface area contributed by atoms with Gasteiger partial charge in [-0.3, -0.25) is 0 Å². The lowest BCUT2D eigenvalue weighted by molar-refractivity contribution is 0.222. The number of benzene rings is 2. The third-order valence-corrected chi connectivity index (χ3v) is 5.32. The molecule has 0 N–H and O–H groups in total. The number of rotatable bonds is 2. The van der Waals surface area contributed by atoms with Crippen molar-refractivity contribution < 1.29 is 8.78 Å². The lowest BCUT2D eigenvalue weighted by Crippen LogP contribution is -2.37. The molecule has 0 radical (unpaired) electrons. The molecular weight excluding hydrogens is 292 g/mol. The Hall–Kier alpha value is -1.74. The molecule has 0 spiro atoms. The Morgan fingerprint density at radius 2 is 1.57 bits per heavy atom. The fourth-order valence-corrected chi connectivity index (χ4v) is 4.01. The molecule has 1 aliphatic carbocycles. The van der Waals surface area contributed by atoms with Crippen LogP contribution in [-0.4, -0.2) is 24.0 Å². The standard InChI is InChI=1S/C20H21F2N/c21-19-8-6-17(13-20(19)22)14-3-4-16-12-18(7-5-15(16)11-14)23-9-1-2-10-23/h3-4,6,8,11,13,18H,1-2,5,7,9-10,12H2. The number of aryl methyl sites for hydroxylation is 1. The Labute approximate surface area is 135 Å². The van der Waals surface area contributed by atoms with Crippen LogP contribution in [0.15, 0.2) is 36.4 Å². The van der Waals surface area contributed by atoms with Gasteiger partial charge >= 0.3 is 0 Å². The first kappa shape index (κ1) is 14.8. The second kappa shape index (κ2) is 6.04. The van der Waals surface area contributed by atoms with Crippen molar-refractivity contribution in [3.05, 3.63) is 59.2 Å². The Bertz CT molecular complexity index is 720. The van der Waals surface area contributed by atoms with Gasteiger partial charge in [-0.05, 0) is 79.6 Å². The highest BCUT2D eigenvalue weighted by Gasteiger charge is 2.26. The summed E-state index contributed by atoms with van der Waals surface area (Å²) < 4.78 is 26.5. The largest absolute Gasteiger partial charge is 0.300 e. The maximum atomic E-state index is 13.4. The molecule has 1 saturated heterocycles. The van der Waals surface area contributed by atoms with Crippen molar-refractivity contribution in [2.45, 2.75) is 38.1 Å². The highest BCUT2D eigenvalue weighted by molar-refractivity contribution is 5.65. The molecule has 1 nitrogen and oxygen atoms in total. The minimum Gasteiger partial charge on any atom is -0.300 e. The highest BCUT2D eigenvalue weighted by atomic mass is 19.2. The number of halogens is 2. The van der Waals surface area contributed by atoms with Gasteiger partial charge in [0.2, 0.25) is 0 Å². The first-order chi connectivity index (χ1) is 11.2. The van der Waals surface area contributed by atoms with Gasteiger partial charge in [0.1, 0.15) is 0 Å². The number of nitrogens with zero attached hydrogens (tertiary/aromatic N) is 1. The smallest absolute Gasteiger partial charge is 0.159 e. The quantitative estimate of drug-likeness (QED) is 0.784. The van der Waals surface area contributed by atoms with E-state index in [1.54, 1.807) is 6.07 Å². The van der Waals surface area contributed by atoms with Gasteiger partial charge in [0.05, 0.1) is 0 Å². The average Bonchev–Trinajstić information content (AvgIpc) is 3.11. The van der Waals surface area contributed by atoms with Gasteiger partial charge < -0.3 is 4.90 Å². The van der Waals surface area contributed by atoms with Crippen molar-refractivity contribution >= 4 is 0 Å². The molecule has 1 atom stereocenters. The normalized spacial score (nSPS) is 21.4. The van der Waals surface area contributed by atoms with Gasteiger partial charge in [-0.15, -0.1) is 0 Å². The van der Waals surface area contributed by atoms with Crippen molar-refractivity contribution in [2.24, 2.45) is 0 Å². The molecule has 1 unspecified atom stereocenters. The Morgan fingerprint density at radius 1 is 0.826 bits per heavy atom. The SMILES string of the molecule is Fc1ccc(-c2ccc3c(c2)CCC(N2CCCC2)C3)cc1F. The predicted molar refractivity (Wildman–Crippen MR) is 88.4 cm³/mol. The first-order valence-corrected chi connectivity index (χ1v) is 8.52. The predicted octanol–water partition coefficient (Wildman–Crippen LogP) is 4.58. The van der Waals surface area contributed by atoms with E-state index in [2.05, 4.69) is 17.0 Å². The number of fused-ring (bicyclic) bond motifs is 1. The number of hydrogen-bond acceptors (Lipinski definition) is 1. The van der Waals surface area contributed by atoms with Crippen molar-refractivity contribution in [1.29, 1.82) is 0 Å². The Kier molecular flexibility index (Phi) is 3.90. The monoisotopic (exact) mass is 313 g/mol. The van der Waals surface area contributed by atoms with E-state index < -0.39 is 11.6 Å². The molecule has 23 heavy (non-hydrogen) atoms. The Balaban J connectivity index is 1.58. The molecule has 4 rings (SSSR count). The minimum absolute atomic E-state index is 0.680. The second-order valence-corrected chi connectivity index (χ2v) is 6.75. The van der Waals surface area contributed by atoms with Crippen LogP contribution in [0, 0.1) is 11.6 Å². The molecule has 0 amide bonds. The maximum absolute atomic E-state index is 13.4. The van der Waals surface area contributed by atoms with Crippen LogP contribution in [0.4, 0.5) is 8.78 Å². The summed E-state index contributed by atoms with van der Waals surface area (Å²) in [7, 11) is 0. The zero-order valence-electron chi connectivity index (χ0n) is 13.2. The van der Waals surface area contributed by atoms with Crippen LogP contribution in [0.3, 0.4) is 0 Å². The van der Waals surface area contributed by atoms with E-state index in [9.17, 15) is 8.78 Å². The maximum Gasteiger partial charge on any atom is 0.159 e. The van der Waals surface area contributed by atoms with E-state index in [1.165, 1.54) is 55.6 Å². The van der Waals surface area contributed by atoms with Crippen LogP contribution in [0.25, 0.3) is 11.1 Å². The fraction of sp³-hybridized carbons (Fsp3) is 0.400. The minimum atomic E-state index is -0.792. The fourth-order valence-electron chi connectivity index (χ4n) is 4.01. The van der Waals surface area contributed by atoms with Crippen LogP contribution in [0.5, 0.6) is 0 Å². The zero-order valence-corrected chi connectivity index (χ0v) is 13.2. The molecule has 2 aromatic rings. The molecule has 1 aliphatic heterocycles. The molecule has 0 bridgehead atoms. The topological polar surface area (TPSA) is 3.24 Å². The third-order valence-electron chi connectivity index (χ3n) is 5.32. The summed E-state index contributed by atoms with van der Waals surface area (Å²) in [5.74, 6) is -1.57. The molecule has 0 aromatic heterocycles. The van der Waals surface area contributed by atoms with E-state index >= 15 is 0 Å². The second-order valence-electron chi connectivity index (χ2n) is 6.75. The van der Waals surface area contributed by atoms with E-state index in [-0.39, 0.29) is 0 Å². The molecule has 2 aliphatic rings. The summed E-state index contributed by atoms with van der Waals surface area (Å²) in [5.41, 5.74) is 4.50. The highest BCUT2D eigenvalue weighted by Crippen LogP contribution is 2.31. The van der Waals surface area contributed by atoms with E-state index in [0.29, 0.717) is 6.04 Å². The van der Waals surface area contributed by atoms with E-state index in [0.717, 1.165) is 24.0 Å². The lowest BCUT2D eigenvalue weighted by Gasteiger charge is -2.32. The number of likely N-dealkylation sites (tertiary alicyclic amines) is 1. The Morgan fingerprint density at radius 3 is 2.35 bits per heavy atom. The van der Waals surface area contributed by atoms with Crippen LogP contribution in [0.2, 0.25) is 0 Å². The summed E-state index contributed by atoms with van der Waals surface area (Å²) in [6.45, 7) is 2.49. The molecule has 120 valence electrons. The van der Waals surface area contributed by atoms with Gasteiger partial charge in [0, 0.05) is 6.04 Å². The van der Waals surface area contributed by atoms with Crippen LogP contribution < -0.4 is 0 Å². The molecular formula is C20H21F2N. The molecule has 3 heteroatoms. The van der Waals surface area contributed by atoms with Gasteiger partial charge in [-0.2, -0.15) is 0 Å². The van der Waals surface area contributed by atoms with Crippen LogP contribution in [-0.2, 0) is 12.8 Å². The first-order valence-electron chi connectivity index (χ1n) is 8.52. The van der Waals surface area contributed by atoms with Crippen molar-refractivity contribution in [3.63, 3.8) is 0 Å². The van der Waals surface area contributed by atoms with Crippen molar-refractivity contribution in [1.82, 2.24) is 4.90 Å². The summed E-state index contributed by atoms with van der Waals surface area (Å²) in [6, 6.07) is 11.2. The van der Waals surface area contributed by atoms with Gasteiger partial charge in [-0.1, -0.05) is 24.3 Å². The zero-order chi connectivity index (χ0) is 15.8. The van der Waals surface area contributed by atoms with E-state index in [4.69, 9.17) is 0 Å². The summed E-state index contributed by atoms with van der Waals surface area (Å²) in [4.78, 5) is 2.63. The van der Waals surface area contributed by atoms with Crippen molar-refractivity contribution in [3.8, 4) is 11.1 Å². The summed E-state index contributed by atoms with van der Waals surface area (Å²) in [5, 5.41) is 0. The van der Waals surface area contributed by atoms with Crippen molar-refractivity contribution in [2.75, 3.05) is 13.1 Å². The summed E-state index contributed by atoms with van der Waals surface area (Å²) >= 11 is 0. The van der Waals surface area contributed by atoms with Gasteiger partial charge in [-0.25, -0.2) is 8.78 Å². The van der Waals surface area contributed by atoms with Gasteiger partial charge in [0.25, 0.3) is 0 Å². The van der Waals surface area contributed by atoms with E-state index in [1.807, 2.05) is 6.07 Å². The molecule has 1 heterocycles. The van der Waals surface area contributed by atoms with Gasteiger partial charge in [0.15, 0.2) is 11.6 Å². The molecule has 2 aromatic carbocycles.